The Morgan fingerprint density at radius 3 is 2.58 bits per heavy atom. The summed E-state index contributed by atoms with van der Waals surface area (Å²) >= 11 is 0. The zero-order chi connectivity index (χ0) is 8.55. The number of benzene rings is 1. The predicted octanol–water partition coefficient (Wildman–Crippen LogP) is 2.68. The van der Waals surface area contributed by atoms with E-state index in [-0.39, 0.29) is 0 Å². The highest BCUT2D eigenvalue weighted by atomic mass is 32.2. The van der Waals surface area contributed by atoms with Crippen LogP contribution in [0.5, 0.6) is 0 Å². The van der Waals surface area contributed by atoms with Crippen LogP contribution < -0.4 is 0 Å². The van der Waals surface area contributed by atoms with Crippen LogP contribution in [0.3, 0.4) is 0 Å². The van der Waals surface area contributed by atoms with Crippen LogP contribution in [0, 0.1) is 0 Å². The van der Waals surface area contributed by atoms with Gasteiger partial charge in [-0.2, -0.15) is 10.5 Å². The van der Waals surface area contributed by atoms with Crippen LogP contribution in [0.15, 0.2) is 24.3 Å². The minimum atomic E-state index is 0.464. The van der Waals surface area contributed by atoms with Gasteiger partial charge in [-0.05, 0) is 41.3 Å². The molecule has 0 saturated carbocycles. The van der Waals surface area contributed by atoms with Gasteiger partial charge in [0.15, 0.2) is 0 Å². The Morgan fingerprint density at radius 1 is 1.08 bits per heavy atom. The van der Waals surface area contributed by atoms with Gasteiger partial charge in [0.25, 0.3) is 0 Å². The molecule has 0 nitrogen and oxygen atoms in total. The fourth-order valence-electron chi connectivity index (χ4n) is 1.82. The third-order valence-electron chi connectivity index (χ3n) is 2.43. The van der Waals surface area contributed by atoms with Gasteiger partial charge in [0, 0.05) is 0 Å². The first-order valence-corrected chi connectivity index (χ1v) is 6.35. The summed E-state index contributed by atoms with van der Waals surface area (Å²) in [7, 11) is 0.464. The summed E-state index contributed by atoms with van der Waals surface area (Å²) in [5, 5.41) is 0. The van der Waals surface area contributed by atoms with Crippen LogP contribution >= 0.6 is 10.5 Å². The molecule has 1 aromatic carbocycles. The van der Waals surface area contributed by atoms with Crippen molar-refractivity contribution in [3.63, 3.8) is 0 Å². The van der Waals surface area contributed by atoms with E-state index >= 15 is 0 Å². The first-order valence-electron chi connectivity index (χ1n) is 4.31. The van der Waals surface area contributed by atoms with Gasteiger partial charge in [-0.1, -0.05) is 24.3 Å². The maximum atomic E-state index is 2.32. The fourth-order valence-corrected chi connectivity index (χ4v) is 2.97. The third-order valence-corrected chi connectivity index (χ3v) is 3.84. The minimum absolute atomic E-state index is 0.464. The Kier molecular flexibility index (Phi) is 2.05. The predicted molar refractivity (Wildman–Crippen MR) is 58.3 cm³/mol. The van der Waals surface area contributed by atoms with E-state index < -0.39 is 0 Å². The normalized spacial score (nSPS) is 15.4. The highest BCUT2D eigenvalue weighted by Gasteiger charge is 2.15. The minimum Gasteiger partial charge on any atom is -0.188 e. The van der Waals surface area contributed by atoms with Crippen molar-refractivity contribution in [3.05, 3.63) is 35.4 Å². The van der Waals surface area contributed by atoms with E-state index in [1.54, 1.807) is 10.4 Å². The summed E-state index contributed by atoms with van der Waals surface area (Å²) in [5.41, 5.74) is 3.08. The second-order valence-corrected chi connectivity index (χ2v) is 5.52. The Bertz CT molecular complexity index is 333. The van der Waals surface area contributed by atoms with Crippen molar-refractivity contribution in [1.82, 2.24) is 0 Å². The largest absolute Gasteiger partial charge is 0.188 e. The van der Waals surface area contributed by atoms with Crippen LogP contribution in [-0.4, -0.2) is 17.4 Å². The molecule has 2 rings (SSSR count). The van der Waals surface area contributed by atoms with Crippen molar-refractivity contribution in [1.29, 1.82) is 0 Å². The summed E-state index contributed by atoms with van der Waals surface area (Å²) in [6, 6.07) is 8.82. The number of fused-ring (bicyclic) bond motifs is 1. The standard InChI is InChI=1S/C11H14S/c1-12(2)11-8-7-9-5-3-4-6-10(9)11/h3-6H,7-8H2,1-2H3. The van der Waals surface area contributed by atoms with Crippen molar-refractivity contribution in [2.75, 3.05) is 12.5 Å². The molecule has 0 N–H and O–H groups in total. The van der Waals surface area contributed by atoms with E-state index in [1.165, 1.54) is 18.4 Å². The van der Waals surface area contributed by atoms with E-state index in [0.29, 0.717) is 10.5 Å². The van der Waals surface area contributed by atoms with E-state index in [4.69, 9.17) is 0 Å². The molecule has 0 heterocycles. The van der Waals surface area contributed by atoms with Crippen molar-refractivity contribution in [3.8, 4) is 0 Å². The van der Waals surface area contributed by atoms with Gasteiger partial charge in [-0.25, -0.2) is 0 Å². The van der Waals surface area contributed by atoms with Crippen LogP contribution in [0.1, 0.15) is 17.5 Å². The molecule has 0 unspecified atom stereocenters. The summed E-state index contributed by atoms with van der Waals surface area (Å²) in [5.74, 6) is 0. The molecule has 0 aliphatic heterocycles. The Morgan fingerprint density at radius 2 is 1.83 bits per heavy atom. The number of hydrogen-bond donors (Lipinski definition) is 0. The lowest BCUT2D eigenvalue weighted by molar-refractivity contribution is 1.10. The monoisotopic (exact) mass is 178 g/mol. The molecule has 1 heteroatoms. The van der Waals surface area contributed by atoms with Gasteiger partial charge in [-0.3, -0.25) is 0 Å². The lowest BCUT2D eigenvalue weighted by Gasteiger charge is -2.02. The van der Waals surface area contributed by atoms with Gasteiger partial charge in [-0.15, -0.1) is 0 Å². The number of rotatable bonds is 0. The maximum absolute atomic E-state index is 2.32. The fraction of sp³-hybridized carbons (Fsp3) is 0.364. The average molecular weight is 178 g/mol. The lowest BCUT2D eigenvalue weighted by Crippen LogP contribution is -1.93. The van der Waals surface area contributed by atoms with Crippen LogP contribution in [0.25, 0.3) is 0 Å². The van der Waals surface area contributed by atoms with Crippen molar-refractivity contribution in [2.24, 2.45) is 0 Å². The van der Waals surface area contributed by atoms with E-state index in [0.717, 1.165) is 0 Å². The molecule has 0 atom stereocenters. The van der Waals surface area contributed by atoms with E-state index in [1.807, 2.05) is 0 Å². The van der Waals surface area contributed by atoms with Crippen molar-refractivity contribution < 1.29 is 0 Å². The van der Waals surface area contributed by atoms with Crippen LogP contribution in [-0.2, 0) is 6.42 Å². The maximum Gasteiger partial charge on any atom is -0.0137 e. The number of aryl methyl sites for hydroxylation is 1. The molecule has 12 heavy (non-hydrogen) atoms. The van der Waals surface area contributed by atoms with Gasteiger partial charge >= 0.3 is 0 Å². The molecule has 0 spiro atoms. The van der Waals surface area contributed by atoms with Gasteiger partial charge in [0.1, 0.15) is 0 Å². The van der Waals surface area contributed by atoms with Crippen LogP contribution in [0.2, 0.25) is 0 Å². The molecule has 0 fully saturated rings. The topological polar surface area (TPSA) is 0 Å². The second kappa shape index (κ2) is 3.06. The average Bonchev–Trinajstić information content (AvgIpc) is 2.47. The molecule has 0 saturated heterocycles. The highest BCUT2D eigenvalue weighted by Crippen LogP contribution is 2.26. The Balaban J connectivity index is 2.57. The molecular weight excluding hydrogens is 164 g/mol. The summed E-state index contributed by atoms with van der Waals surface area (Å²) in [6.45, 7) is 0. The molecule has 0 aromatic heterocycles. The smallest absolute Gasteiger partial charge is 0.0137 e. The summed E-state index contributed by atoms with van der Waals surface area (Å²) in [6.07, 6.45) is 7.18. The molecule has 0 radical (unpaired) electrons. The summed E-state index contributed by atoms with van der Waals surface area (Å²) in [4.78, 5) is 1.67. The first-order chi connectivity index (χ1) is 5.79. The summed E-state index contributed by atoms with van der Waals surface area (Å²) < 4.78 is 0. The van der Waals surface area contributed by atoms with Crippen LogP contribution in [0.4, 0.5) is 0 Å². The quantitative estimate of drug-likeness (QED) is 0.536. The molecule has 1 aromatic rings. The van der Waals surface area contributed by atoms with E-state index in [9.17, 15) is 0 Å². The lowest BCUT2D eigenvalue weighted by atomic mass is 10.1. The third kappa shape index (κ3) is 1.22. The molecule has 1 aliphatic rings. The highest BCUT2D eigenvalue weighted by molar-refractivity contribution is 8.15. The molecule has 1 aliphatic carbocycles. The second-order valence-electron chi connectivity index (χ2n) is 3.40. The van der Waals surface area contributed by atoms with Crippen molar-refractivity contribution >= 4 is 15.3 Å². The molecular formula is C11H14S. The number of hydrogen-bond acceptors (Lipinski definition) is 0. The zero-order valence-electron chi connectivity index (χ0n) is 7.63. The Hall–Kier alpha value is -0.560. The molecule has 0 bridgehead atoms. The van der Waals surface area contributed by atoms with Crippen molar-refractivity contribution in [2.45, 2.75) is 12.8 Å². The SMILES string of the molecule is CS(C)=C1CCc2ccccc21. The first kappa shape index (κ1) is 8.06. The van der Waals surface area contributed by atoms with Gasteiger partial charge in [0.2, 0.25) is 0 Å². The zero-order valence-corrected chi connectivity index (χ0v) is 8.45. The molecule has 64 valence electrons. The van der Waals surface area contributed by atoms with Gasteiger partial charge < -0.3 is 0 Å². The molecule has 0 amide bonds. The Labute approximate surface area is 76.5 Å². The van der Waals surface area contributed by atoms with E-state index in [2.05, 4.69) is 36.8 Å². The van der Waals surface area contributed by atoms with Gasteiger partial charge in [0.05, 0.1) is 0 Å².